The van der Waals surface area contributed by atoms with E-state index in [1.165, 1.54) is 30.4 Å². The molecule has 0 spiro atoms. The van der Waals surface area contributed by atoms with Gasteiger partial charge in [0.05, 0.1) is 12.6 Å². The van der Waals surface area contributed by atoms with Crippen molar-refractivity contribution in [1.29, 1.82) is 0 Å². The molecule has 4 atom stereocenters. The minimum atomic E-state index is -0.923. The lowest BCUT2D eigenvalue weighted by Crippen LogP contribution is -2.47. The first kappa shape index (κ1) is 34.1. The van der Waals surface area contributed by atoms with E-state index < -0.39 is 41.6 Å². The van der Waals surface area contributed by atoms with Gasteiger partial charge >= 0.3 is 5.97 Å². The fourth-order valence-corrected chi connectivity index (χ4v) is 5.08. The lowest BCUT2D eigenvalue weighted by atomic mass is 9.87. The molecule has 3 amide bonds. The molecule has 238 valence electrons. The van der Waals surface area contributed by atoms with Crippen LogP contribution in [0, 0.1) is 30.5 Å². The maximum absolute atomic E-state index is 13.8. The van der Waals surface area contributed by atoms with Crippen LogP contribution < -0.4 is 16.0 Å². The maximum atomic E-state index is 13.8. The molecule has 11 nitrogen and oxygen atoms in total. The number of aromatic nitrogens is 1. The van der Waals surface area contributed by atoms with Gasteiger partial charge in [0.25, 0.3) is 5.91 Å². The minimum Gasteiger partial charge on any atom is -0.463 e. The molecular weight excluding hydrogens is 571 g/mol. The molecule has 0 unspecified atom stereocenters. The van der Waals surface area contributed by atoms with Gasteiger partial charge in [-0.2, -0.15) is 0 Å². The monoisotopic (exact) mass is 612 g/mol. The third-order valence-corrected chi connectivity index (χ3v) is 7.39. The quantitative estimate of drug-likeness (QED) is 0.205. The van der Waals surface area contributed by atoms with Crippen LogP contribution in [0.25, 0.3) is 0 Å². The van der Waals surface area contributed by atoms with Gasteiger partial charge < -0.3 is 25.2 Å². The van der Waals surface area contributed by atoms with Crippen molar-refractivity contribution in [3.63, 3.8) is 0 Å². The zero-order chi connectivity index (χ0) is 32.2. The van der Waals surface area contributed by atoms with Crippen LogP contribution in [-0.2, 0) is 30.3 Å². The highest BCUT2D eigenvalue weighted by molar-refractivity contribution is 5.97. The number of nitrogens with one attached hydrogen (secondary N) is 3. The first-order valence-electron chi connectivity index (χ1n) is 14.9. The molecule has 1 fully saturated rings. The van der Waals surface area contributed by atoms with Crippen molar-refractivity contribution in [2.24, 2.45) is 17.8 Å². The van der Waals surface area contributed by atoms with E-state index in [1.807, 2.05) is 0 Å². The predicted molar refractivity (Wildman–Crippen MR) is 159 cm³/mol. The Morgan fingerprint density at radius 1 is 1.18 bits per heavy atom. The number of piperidine rings is 1. The summed E-state index contributed by atoms with van der Waals surface area (Å²) in [5, 5.41) is 12.1. The minimum absolute atomic E-state index is 0.0320. The van der Waals surface area contributed by atoms with Crippen LogP contribution >= 0.6 is 0 Å². The number of esters is 1. The Morgan fingerprint density at radius 2 is 1.91 bits per heavy atom. The van der Waals surface area contributed by atoms with Gasteiger partial charge in [-0.25, -0.2) is 9.18 Å². The van der Waals surface area contributed by atoms with Crippen LogP contribution in [0.15, 0.2) is 47.0 Å². The summed E-state index contributed by atoms with van der Waals surface area (Å²) in [7, 11) is 0. The molecule has 3 N–H and O–H groups in total. The number of amides is 3. The Morgan fingerprint density at radius 3 is 2.52 bits per heavy atom. The number of benzene rings is 1. The predicted octanol–water partition coefficient (Wildman–Crippen LogP) is 3.22. The molecular formula is C32H41FN4O7. The average molecular weight is 613 g/mol. The summed E-state index contributed by atoms with van der Waals surface area (Å²) < 4.78 is 23.6. The molecule has 44 heavy (non-hydrogen) atoms. The fraction of sp³-hybridized carbons (Fsp3) is 0.500. The van der Waals surface area contributed by atoms with Gasteiger partial charge in [-0.15, -0.1) is 0 Å². The van der Waals surface area contributed by atoms with Gasteiger partial charge in [0.2, 0.25) is 11.8 Å². The first-order chi connectivity index (χ1) is 21.0. The van der Waals surface area contributed by atoms with Crippen LogP contribution in [0.1, 0.15) is 68.3 Å². The third-order valence-electron chi connectivity index (χ3n) is 7.39. The molecule has 1 aliphatic rings. The van der Waals surface area contributed by atoms with Crippen LogP contribution in [0.3, 0.4) is 0 Å². The standard InChI is InChI=1S/C32H41FN4O7/c1-5-43-28(39)13-12-25(17-22-7-6-14-34-30(22)40)35-31(41)23(16-21-8-10-24(33)11-9-21)18-27(38)29(19(2)3)36-32(42)26-15-20(4)44-37-26/h8-13,15,19,22-23,25,29H,5-7,14,16-18H2,1-4H3,(H,34,40)(H,35,41)(H,36,42)/t22-,23+,25+,29-/m0/s1. The van der Waals surface area contributed by atoms with Crippen molar-refractivity contribution in [3.05, 3.63) is 65.3 Å². The number of aryl methyl sites for hydroxylation is 1. The second-order valence-corrected chi connectivity index (χ2v) is 11.3. The van der Waals surface area contributed by atoms with E-state index in [0.717, 1.165) is 6.42 Å². The molecule has 1 aliphatic heterocycles. The number of ketones is 1. The zero-order valence-corrected chi connectivity index (χ0v) is 25.6. The molecule has 1 saturated heterocycles. The van der Waals surface area contributed by atoms with Gasteiger partial charge in [-0.3, -0.25) is 19.2 Å². The Bertz CT molecular complexity index is 1340. The van der Waals surface area contributed by atoms with Crippen molar-refractivity contribution in [2.75, 3.05) is 13.2 Å². The zero-order valence-electron chi connectivity index (χ0n) is 25.6. The van der Waals surface area contributed by atoms with Gasteiger partial charge in [-0.1, -0.05) is 37.2 Å². The number of halogens is 1. The van der Waals surface area contributed by atoms with E-state index in [2.05, 4.69) is 21.1 Å². The topological polar surface area (TPSA) is 157 Å². The summed E-state index contributed by atoms with van der Waals surface area (Å²) in [5.74, 6) is -3.74. The van der Waals surface area contributed by atoms with Crippen LogP contribution in [0.4, 0.5) is 4.39 Å². The normalized spacial score (nSPS) is 17.0. The third kappa shape index (κ3) is 10.4. The Kier molecular flexibility index (Phi) is 12.8. The Hall–Kier alpha value is -4.35. The van der Waals surface area contributed by atoms with Crippen LogP contribution in [0.2, 0.25) is 0 Å². The lowest BCUT2D eigenvalue weighted by molar-refractivity contribution is -0.137. The molecule has 12 heteroatoms. The second kappa shape index (κ2) is 16.5. The van der Waals surface area contributed by atoms with E-state index in [4.69, 9.17) is 9.26 Å². The van der Waals surface area contributed by atoms with E-state index in [-0.39, 0.29) is 55.1 Å². The van der Waals surface area contributed by atoms with Crippen molar-refractivity contribution < 1.29 is 37.6 Å². The summed E-state index contributed by atoms with van der Waals surface area (Å²) in [6.07, 6.45) is 4.24. The number of ether oxygens (including phenoxy) is 1. The summed E-state index contributed by atoms with van der Waals surface area (Å²) in [5.41, 5.74) is 0.664. The van der Waals surface area contributed by atoms with E-state index >= 15 is 0 Å². The van der Waals surface area contributed by atoms with Gasteiger partial charge in [0.15, 0.2) is 11.5 Å². The molecule has 1 aromatic carbocycles. The average Bonchev–Trinajstić information content (AvgIpc) is 3.42. The van der Waals surface area contributed by atoms with Gasteiger partial charge in [0.1, 0.15) is 11.6 Å². The SMILES string of the molecule is CCOC(=O)C=C[C@H](C[C@@H]1CCCNC1=O)NC(=O)[C@@H](CC(=O)[C@@H](NC(=O)c1cc(C)on1)C(C)C)Cc1ccc(F)cc1. The number of nitrogens with zero attached hydrogens (tertiary/aromatic N) is 1. The molecule has 0 radical (unpaired) electrons. The summed E-state index contributed by atoms with van der Waals surface area (Å²) in [6.45, 7) is 7.62. The van der Waals surface area contributed by atoms with Gasteiger partial charge in [-0.05, 0) is 63.1 Å². The number of carbonyl (C=O) groups excluding carboxylic acids is 5. The maximum Gasteiger partial charge on any atom is 0.330 e. The molecule has 2 heterocycles. The largest absolute Gasteiger partial charge is 0.463 e. The second-order valence-electron chi connectivity index (χ2n) is 11.3. The summed E-state index contributed by atoms with van der Waals surface area (Å²) >= 11 is 0. The Balaban J connectivity index is 1.83. The molecule has 2 aromatic rings. The lowest BCUT2D eigenvalue weighted by Gasteiger charge is -2.27. The molecule has 0 aliphatic carbocycles. The molecule has 1 aromatic heterocycles. The number of Topliss-reactive ketones (excluding diaryl/α,β-unsaturated/α-hetero) is 1. The smallest absolute Gasteiger partial charge is 0.330 e. The van der Waals surface area contributed by atoms with Gasteiger partial charge in [0, 0.05) is 43.0 Å². The van der Waals surface area contributed by atoms with E-state index in [1.54, 1.807) is 39.8 Å². The number of hydrogen-bond donors (Lipinski definition) is 3. The van der Waals surface area contributed by atoms with Crippen molar-refractivity contribution in [2.45, 2.75) is 71.9 Å². The summed E-state index contributed by atoms with van der Waals surface area (Å²) in [6, 6.07) is 5.46. The molecule has 0 bridgehead atoms. The Labute approximate surface area is 256 Å². The fourth-order valence-electron chi connectivity index (χ4n) is 5.08. The van der Waals surface area contributed by atoms with E-state index in [0.29, 0.717) is 24.3 Å². The van der Waals surface area contributed by atoms with E-state index in [9.17, 15) is 28.4 Å². The van der Waals surface area contributed by atoms with Crippen molar-refractivity contribution in [3.8, 4) is 0 Å². The highest BCUT2D eigenvalue weighted by Crippen LogP contribution is 2.21. The first-order valence-corrected chi connectivity index (χ1v) is 14.9. The molecule has 3 rings (SSSR count). The van der Waals surface area contributed by atoms with Crippen molar-refractivity contribution >= 4 is 29.5 Å². The summed E-state index contributed by atoms with van der Waals surface area (Å²) in [4.78, 5) is 64.7. The van der Waals surface area contributed by atoms with Crippen LogP contribution in [0.5, 0.6) is 0 Å². The number of carbonyl (C=O) groups is 5. The highest BCUT2D eigenvalue weighted by atomic mass is 19.1. The number of hydrogen-bond acceptors (Lipinski definition) is 8. The van der Waals surface area contributed by atoms with Crippen LogP contribution in [-0.4, -0.2) is 59.9 Å². The highest BCUT2D eigenvalue weighted by Gasteiger charge is 2.32. The molecule has 0 saturated carbocycles. The van der Waals surface area contributed by atoms with Crippen molar-refractivity contribution in [1.82, 2.24) is 21.1 Å². The number of rotatable bonds is 15.